The van der Waals surface area contributed by atoms with E-state index in [1.807, 2.05) is 6.20 Å². The molecule has 21 heavy (non-hydrogen) atoms. The molecule has 0 saturated carbocycles. The highest BCUT2D eigenvalue weighted by molar-refractivity contribution is 5.39. The standard InChI is InChI=1S/C17H27N3O/c1-17(7-3-11-21-17)13-19-16-12-15(4-8-18-16)14-5-9-20(2)10-6-14/h4,8,12,14H,3,5-7,9-11,13H2,1-2H3,(H,18,19)/t17-/m1/s1. The lowest BCUT2D eigenvalue weighted by molar-refractivity contribution is 0.0315. The number of hydrogen-bond acceptors (Lipinski definition) is 4. The summed E-state index contributed by atoms with van der Waals surface area (Å²) in [4.78, 5) is 6.88. The molecule has 0 amide bonds. The van der Waals surface area contributed by atoms with Gasteiger partial charge in [0.2, 0.25) is 0 Å². The Bertz CT molecular complexity index is 463. The van der Waals surface area contributed by atoms with Crippen molar-refractivity contribution in [2.75, 3.05) is 38.6 Å². The summed E-state index contributed by atoms with van der Waals surface area (Å²) in [7, 11) is 2.21. The van der Waals surface area contributed by atoms with Crippen LogP contribution in [0.3, 0.4) is 0 Å². The normalized spacial score (nSPS) is 27.9. The van der Waals surface area contributed by atoms with Gasteiger partial charge in [-0.1, -0.05) is 0 Å². The largest absolute Gasteiger partial charge is 0.373 e. The van der Waals surface area contributed by atoms with Crippen LogP contribution in [0, 0.1) is 0 Å². The zero-order valence-electron chi connectivity index (χ0n) is 13.3. The molecule has 2 aliphatic heterocycles. The lowest BCUT2D eigenvalue weighted by Gasteiger charge is -2.29. The van der Waals surface area contributed by atoms with E-state index in [1.54, 1.807) is 0 Å². The third-order valence-corrected chi connectivity index (χ3v) is 4.92. The molecule has 0 aliphatic carbocycles. The van der Waals surface area contributed by atoms with Crippen molar-refractivity contribution in [3.05, 3.63) is 23.9 Å². The molecular formula is C17H27N3O. The summed E-state index contributed by atoms with van der Waals surface area (Å²) < 4.78 is 5.82. The van der Waals surface area contributed by atoms with Crippen molar-refractivity contribution < 1.29 is 4.74 Å². The van der Waals surface area contributed by atoms with E-state index in [0.717, 1.165) is 25.4 Å². The summed E-state index contributed by atoms with van der Waals surface area (Å²) in [5, 5.41) is 3.47. The van der Waals surface area contributed by atoms with Crippen LogP contribution in [0.4, 0.5) is 5.82 Å². The van der Waals surface area contributed by atoms with E-state index >= 15 is 0 Å². The smallest absolute Gasteiger partial charge is 0.126 e. The van der Waals surface area contributed by atoms with Crippen LogP contribution in [0.15, 0.2) is 18.3 Å². The second-order valence-electron chi connectivity index (χ2n) is 6.81. The fraction of sp³-hybridized carbons (Fsp3) is 0.706. The Balaban J connectivity index is 1.60. The van der Waals surface area contributed by atoms with Crippen molar-refractivity contribution in [3.8, 4) is 0 Å². The molecule has 4 nitrogen and oxygen atoms in total. The molecule has 1 aromatic rings. The van der Waals surface area contributed by atoms with Crippen molar-refractivity contribution in [1.29, 1.82) is 0 Å². The lowest BCUT2D eigenvalue weighted by Crippen LogP contribution is -2.32. The van der Waals surface area contributed by atoms with Crippen molar-refractivity contribution in [3.63, 3.8) is 0 Å². The Morgan fingerprint density at radius 2 is 2.24 bits per heavy atom. The second kappa shape index (κ2) is 6.32. The fourth-order valence-electron chi connectivity index (χ4n) is 3.39. The van der Waals surface area contributed by atoms with Gasteiger partial charge in [-0.25, -0.2) is 4.98 Å². The molecule has 0 radical (unpaired) electrons. The average molecular weight is 289 g/mol. The first-order valence-corrected chi connectivity index (χ1v) is 8.17. The second-order valence-corrected chi connectivity index (χ2v) is 6.81. The lowest BCUT2D eigenvalue weighted by atomic mass is 9.90. The Labute approximate surface area is 127 Å². The molecule has 0 aromatic carbocycles. The summed E-state index contributed by atoms with van der Waals surface area (Å²) in [6.07, 6.45) is 6.74. The highest BCUT2D eigenvalue weighted by Crippen LogP contribution is 2.29. The van der Waals surface area contributed by atoms with Gasteiger partial charge in [0.1, 0.15) is 5.82 Å². The van der Waals surface area contributed by atoms with Crippen LogP contribution < -0.4 is 5.32 Å². The maximum atomic E-state index is 5.82. The summed E-state index contributed by atoms with van der Waals surface area (Å²) in [5.74, 6) is 1.67. The van der Waals surface area contributed by atoms with Crippen LogP contribution in [0.5, 0.6) is 0 Å². The van der Waals surface area contributed by atoms with E-state index in [1.165, 1.54) is 37.9 Å². The summed E-state index contributed by atoms with van der Waals surface area (Å²) in [6, 6.07) is 4.41. The molecule has 2 fully saturated rings. The fourth-order valence-corrected chi connectivity index (χ4v) is 3.39. The van der Waals surface area contributed by atoms with Crippen LogP contribution in [0.1, 0.15) is 44.1 Å². The van der Waals surface area contributed by atoms with E-state index in [0.29, 0.717) is 5.92 Å². The molecule has 2 saturated heterocycles. The van der Waals surface area contributed by atoms with Crippen molar-refractivity contribution in [1.82, 2.24) is 9.88 Å². The predicted octanol–water partition coefficient (Wildman–Crippen LogP) is 2.87. The highest BCUT2D eigenvalue weighted by Gasteiger charge is 2.29. The predicted molar refractivity (Wildman–Crippen MR) is 85.8 cm³/mol. The molecular weight excluding hydrogens is 262 g/mol. The highest BCUT2D eigenvalue weighted by atomic mass is 16.5. The quantitative estimate of drug-likeness (QED) is 0.925. The first kappa shape index (κ1) is 14.8. The van der Waals surface area contributed by atoms with Crippen molar-refractivity contribution in [2.45, 2.75) is 44.1 Å². The molecule has 116 valence electrons. The first-order valence-electron chi connectivity index (χ1n) is 8.17. The monoisotopic (exact) mass is 289 g/mol. The molecule has 2 aliphatic rings. The minimum atomic E-state index is -0.0226. The Hall–Kier alpha value is -1.13. The number of aromatic nitrogens is 1. The van der Waals surface area contributed by atoms with E-state index < -0.39 is 0 Å². The van der Waals surface area contributed by atoms with Gasteiger partial charge in [-0.05, 0) is 76.4 Å². The topological polar surface area (TPSA) is 37.4 Å². The van der Waals surface area contributed by atoms with Gasteiger partial charge in [0.25, 0.3) is 0 Å². The van der Waals surface area contributed by atoms with Gasteiger partial charge in [-0.2, -0.15) is 0 Å². The molecule has 1 N–H and O–H groups in total. The maximum Gasteiger partial charge on any atom is 0.126 e. The number of pyridine rings is 1. The number of nitrogens with zero attached hydrogens (tertiary/aromatic N) is 2. The van der Waals surface area contributed by atoms with Crippen LogP contribution in [0.2, 0.25) is 0 Å². The number of nitrogens with one attached hydrogen (secondary N) is 1. The molecule has 1 atom stereocenters. The molecule has 3 rings (SSSR count). The number of anilines is 1. The summed E-state index contributed by atoms with van der Waals surface area (Å²) in [6.45, 7) is 6.31. The Morgan fingerprint density at radius 1 is 1.43 bits per heavy atom. The molecule has 3 heterocycles. The molecule has 0 spiro atoms. The van der Waals surface area contributed by atoms with Crippen LogP contribution in [-0.2, 0) is 4.74 Å². The van der Waals surface area contributed by atoms with E-state index in [9.17, 15) is 0 Å². The van der Waals surface area contributed by atoms with Gasteiger partial charge >= 0.3 is 0 Å². The van der Waals surface area contributed by atoms with Gasteiger partial charge < -0.3 is 15.0 Å². The number of rotatable bonds is 4. The summed E-state index contributed by atoms with van der Waals surface area (Å²) in [5.41, 5.74) is 1.41. The van der Waals surface area contributed by atoms with Gasteiger partial charge in [-0.3, -0.25) is 0 Å². The van der Waals surface area contributed by atoms with Crippen molar-refractivity contribution in [2.24, 2.45) is 0 Å². The van der Waals surface area contributed by atoms with E-state index in [-0.39, 0.29) is 5.60 Å². The van der Waals surface area contributed by atoms with Crippen LogP contribution >= 0.6 is 0 Å². The Kier molecular flexibility index (Phi) is 4.45. The minimum absolute atomic E-state index is 0.0226. The number of ether oxygens (including phenoxy) is 1. The number of piperidine rings is 1. The number of likely N-dealkylation sites (tertiary alicyclic amines) is 1. The van der Waals surface area contributed by atoms with Gasteiger partial charge in [0, 0.05) is 19.3 Å². The van der Waals surface area contributed by atoms with E-state index in [4.69, 9.17) is 4.74 Å². The molecule has 0 unspecified atom stereocenters. The number of hydrogen-bond donors (Lipinski definition) is 1. The van der Waals surface area contributed by atoms with Gasteiger partial charge in [0.15, 0.2) is 0 Å². The zero-order valence-corrected chi connectivity index (χ0v) is 13.3. The first-order chi connectivity index (χ1) is 10.1. The van der Waals surface area contributed by atoms with Gasteiger partial charge in [0.05, 0.1) is 5.60 Å². The molecule has 1 aromatic heterocycles. The third kappa shape index (κ3) is 3.74. The SMILES string of the molecule is CN1CCC(c2ccnc(NC[C@@]3(C)CCCO3)c2)CC1. The molecule has 0 bridgehead atoms. The third-order valence-electron chi connectivity index (χ3n) is 4.92. The average Bonchev–Trinajstić information content (AvgIpc) is 2.94. The zero-order chi connectivity index (χ0) is 14.7. The molecule has 4 heteroatoms. The maximum absolute atomic E-state index is 5.82. The van der Waals surface area contributed by atoms with Gasteiger partial charge in [-0.15, -0.1) is 0 Å². The Morgan fingerprint density at radius 3 is 2.95 bits per heavy atom. The van der Waals surface area contributed by atoms with E-state index in [2.05, 4.69) is 41.3 Å². The van der Waals surface area contributed by atoms with Crippen LogP contribution in [0.25, 0.3) is 0 Å². The van der Waals surface area contributed by atoms with Crippen molar-refractivity contribution >= 4 is 5.82 Å². The van der Waals surface area contributed by atoms with Crippen LogP contribution in [-0.4, -0.2) is 48.8 Å². The minimum Gasteiger partial charge on any atom is -0.373 e. The summed E-state index contributed by atoms with van der Waals surface area (Å²) >= 11 is 0.